The van der Waals surface area contributed by atoms with Crippen molar-refractivity contribution in [3.05, 3.63) is 70.8 Å². The summed E-state index contributed by atoms with van der Waals surface area (Å²) in [6.07, 6.45) is 0. The van der Waals surface area contributed by atoms with Crippen LogP contribution < -0.4 is 0 Å². The van der Waals surface area contributed by atoms with Crippen LogP contribution in [0.3, 0.4) is 0 Å². The number of carbonyl (C=O) groups excluding carboxylic acids is 1. The SMILES string of the molecule is CCOC(=O)c1c(C(=O)O)c(C(=O)O)c2c(C(=O)O)ccc3c4cccc5cccc(c1c23)c54. The zero-order valence-corrected chi connectivity index (χ0v) is 17.7. The minimum atomic E-state index is -1.67. The molecule has 0 aliphatic heterocycles. The molecule has 0 saturated carbocycles. The first-order valence-electron chi connectivity index (χ1n) is 10.3. The van der Waals surface area contributed by atoms with Gasteiger partial charge in [0.25, 0.3) is 0 Å². The van der Waals surface area contributed by atoms with Crippen LogP contribution in [0.4, 0.5) is 0 Å². The Balaban J connectivity index is 2.28. The fraction of sp³-hybridized carbons (Fsp3) is 0.0769. The number of ether oxygens (including phenoxy) is 1. The Morgan fingerprint density at radius 3 is 1.85 bits per heavy atom. The third kappa shape index (κ3) is 2.72. The van der Waals surface area contributed by atoms with Crippen LogP contribution in [-0.2, 0) is 4.74 Å². The highest BCUT2D eigenvalue weighted by Gasteiger charge is 2.34. The van der Waals surface area contributed by atoms with E-state index in [4.69, 9.17) is 4.74 Å². The maximum absolute atomic E-state index is 13.2. The van der Waals surface area contributed by atoms with Crippen LogP contribution in [0, 0.1) is 0 Å². The molecule has 0 saturated heterocycles. The topological polar surface area (TPSA) is 138 Å². The highest BCUT2D eigenvalue weighted by atomic mass is 16.5. The number of rotatable bonds is 5. The van der Waals surface area contributed by atoms with Crippen LogP contribution in [0.2, 0.25) is 0 Å². The van der Waals surface area contributed by atoms with Gasteiger partial charge in [0.15, 0.2) is 0 Å². The molecule has 0 fully saturated rings. The van der Waals surface area contributed by atoms with E-state index in [0.717, 1.165) is 16.2 Å². The molecule has 0 atom stereocenters. The first-order chi connectivity index (χ1) is 16.3. The number of carbonyl (C=O) groups is 4. The second kappa shape index (κ2) is 7.41. The molecule has 168 valence electrons. The number of hydrogen-bond donors (Lipinski definition) is 3. The van der Waals surface area contributed by atoms with Gasteiger partial charge in [0.2, 0.25) is 0 Å². The van der Waals surface area contributed by atoms with E-state index >= 15 is 0 Å². The Kier molecular flexibility index (Phi) is 4.61. The van der Waals surface area contributed by atoms with E-state index in [-0.39, 0.29) is 28.3 Å². The zero-order valence-electron chi connectivity index (χ0n) is 17.7. The van der Waals surface area contributed by atoms with Crippen molar-refractivity contribution in [3.8, 4) is 0 Å². The van der Waals surface area contributed by atoms with Crippen molar-refractivity contribution in [2.24, 2.45) is 0 Å². The van der Waals surface area contributed by atoms with Gasteiger partial charge >= 0.3 is 23.9 Å². The summed E-state index contributed by atoms with van der Waals surface area (Å²) < 4.78 is 5.16. The Morgan fingerprint density at radius 1 is 0.647 bits per heavy atom. The molecular weight excluding hydrogens is 440 g/mol. The van der Waals surface area contributed by atoms with Crippen molar-refractivity contribution >= 4 is 67.0 Å². The van der Waals surface area contributed by atoms with Crippen LogP contribution >= 0.6 is 0 Å². The monoisotopic (exact) mass is 456 g/mol. The van der Waals surface area contributed by atoms with Gasteiger partial charge in [0, 0.05) is 16.2 Å². The van der Waals surface area contributed by atoms with Gasteiger partial charge in [-0.1, -0.05) is 42.5 Å². The van der Waals surface area contributed by atoms with Gasteiger partial charge in [-0.15, -0.1) is 0 Å². The molecule has 5 aromatic rings. The summed E-state index contributed by atoms with van der Waals surface area (Å²) in [5.41, 5.74) is -2.35. The van der Waals surface area contributed by atoms with Gasteiger partial charge in [0.1, 0.15) is 0 Å². The standard InChI is InChI=1S/C26H16O8/c1-2-34-26(33)22-18-14-8-4-6-11-5-3-7-12(16(11)14)13-9-10-15(23(27)28)19(17(13)18)20(24(29)30)21(22)25(31)32/h3-10H,2H2,1H3,(H,27,28)(H,29,30)(H,31,32). The third-order valence-corrected chi connectivity index (χ3v) is 6.06. The van der Waals surface area contributed by atoms with Gasteiger partial charge < -0.3 is 20.1 Å². The lowest BCUT2D eigenvalue weighted by Gasteiger charge is -2.21. The fourth-order valence-electron chi connectivity index (χ4n) is 4.90. The predicted molar refractivity (Wildman–Crippen MR) is 124 cm³/mol. The second-order valence-corrected chi connectivity index (χ2v) is 7.76. The van der Waals surface area contributed by atoms with Gasteiger partial charge in [-0.3, -0.25) is 0 Å². The number of benzene rings is 5. The van der Waals surface area contributed by atoms with E-state index in [0.29, 0.717) is 10.8 Å². The highest BCUT2D eigenvalue weighted by Crippen LogP contribution is 2.45. The minimum absolute atomic E-state index is 0.0689. The molecule has 0 aromatic heterocycles. The van der Waals surface area contributed by atoms with Crippen LogP contribution in [0.15, 0.2) is 48.5 Å². The molecule has 0 spiro atoms. The van der Waals surface area contributed by atoms with Crippen LogP contribution in [0.25, 0.3) is 43.1 Å². The second-order valence-electron chi connectivity index (χ2n) is 7.76. The number of aromatic carboxylic acids is 3. The lowest BCUT2D eigenvalue weighted by molar-refractivity contribution is 0.0516. The summed E-state index contributed by atoms with van der Waals surface area (Å²) in [5, 5.41) is 33.4. The zero-order chi connectivity index (χ0) is 24.3. The Labute approximate surface area is 190 Å². The number of esters is 1. The number of carboxylic acids is 3. The fourth-order valence-corrected chi connectivity index (χ4v) is 4.90. The average molecular weight is 456 g/mol. The van der Waals surface area contributed by atoms with Gasteiger partial charge in [0.05, 0.1) is 28.9 Å². The van der Waals surface area contributed by atoms with Gasteiger partial charge in [-0.25, -0.2) is 19.2 Å². The molecule has 8 heteroatoms. The Hall–Kier alpha value is -4.72. The lowest BCUT2D eigenvalue weighted by atomic mass is 9.81. The first-order valence-corrected chi connectivity index (χ1v) is 10.3. The molecule has 3 N–H and O–H groups in total. The summed E-state index contributed by atoms with van der Waals surface area (Å²) in [5.74, 6) is -5.75. The molecular formula is C26H16O8. The largest absolute Gasteiger partial charge is 0.478 e. The van der Waals surface area contributed by atoms with E-state index in [9.17, 15) is 34.5 Å². The predicted octanol–water partition coefficient (Wildman–Crippen LogP) is 5.01. The van der Waals surface area contributed by atoms with E-state index < -0.39 is 40.6 Å². The van der Waals surface area contributed by atoms with E-state index in [1.165, 1.54) is 6.07 Å². The highest BCUT2D eigenvalue weighted by molar-refractivity contribution is 6.40. The molecule has 34 heavy (non-hydrogen) atoms. The smallest absolute Gasteiger partial charge is 0.339 e. The van der Waals surface area contributed by atoms with Crippen molar-refractivity contribution < 1.29 is 39.2 Å². The minimum Gasteiger partial charge on any atom is -0.478 e. The molecule has 5 aromatic carbocycles. The maximum atomic E-state index is 13.2. The van der Waals surface area contributed by atoms with Gasteiger partial charge in [-0.05, 0) is 39.9 Å². The maximum Gasteiger partial charge on any atom is 0.339 e. The number of hydrogen-bond acceptors (Lipinski definition) is 5. The summed E-state index contributed by atoms with van der Waals surface area (Å²) in [6.45, 7) is 1.48. The first kappa shape index (κ1) is 21.1. The summed E-state index contributed by atoms with van der Waals surface area (Å²) in [4.78, 5) is 50.1. The van der Waals surface area contributed by atoms with Crippen LogP contribution in [0.5, 0.6) is 0 Å². The van der Waals surface area contributed by atoms with Crippen molar-refractivity contribution in [2.45, 2.75) is 6.92 Å². The molecule has 0 radical (unpaired) electrons. The third-order valence-electron chi connectivity index (χ3n) is 6.06. The average Bonchev–Trinajstić information content (AvgIpc) is 2.80. The summed E-state index contributed by atoms with van der Waals surface area (Å²) >= 11 is 0. The molecule has 5 rings (SSSR count). The normalized spacial score (nSPS) is 11.4. The summed E-state index contributed by atoms with van der Waals surface area (Å²) in [7, 11) is 0. The quantitative estimate of drug-likeness (QED) is 0.191. The molecule has 8 nitrogen and oxygen atoms in total. The Morgan fingerprint density at radius 2 is 1.26 bits per heavy atom. The van der Waals surface area contributed by atoms with E-state index in [1.54, 1.807) is 25.1 Å². The number of fused-ring (bicyclic) bond motifs is 2. The molecule has 0 aliphatic rings. The lowest BCUT2D eigenvalue weighted by Crippen LogP contribution is -2.19. The van der Waals surface area contributed by atoms with Gasteiger partial charge in [-0.2, -0.15) is 0 Å². The molecule has 0 bridgehead atoms. The van der Waals surface area contributed by atoms with Crippen molar-refractivity contribution in [3.63, 3.8) is 0 Å². The summed E-state index contributed by atoms with van der Waals surface area (Å²) in [6, 6.07) is 13.6. The molecule has 0 amide bonds. The molecule has 0 aliphatic carbocycles. The number of carboxylic acid groups (broad SMARTS) is 3. The van der Waals surface area contributed by atoms with Crippen LogP contribution in [-0.4, -0.2) is 45.8 Å². The van der Waals surface area contributed by atoms with Crippen LogP contribution in [0.1, 0.15) is 48.4 Å². The Bertz CT molecular complexity index is 1710. The van der Waals surface area contributed by atoms with Crippen molar-refractivity contribution in [2.75, 3.05) is 6.61 Å². The molecule has 0 unspecified atom stereocenters. The van der Waals surface area contributed by atoms with Crippen molar-refractivity contribution in [1.82, 2.24) is 0 Å². The van der Waals surface area contributed by atoms with Crippen molar-refractivity contribution in [1.29, 1.82) is 0 Å². The molecule has 0 heterocycles. The van der Waals surface area contributed by atoms with E-state index in [1.807, 2.05) is 24.3 Å². The van der Waals surface area contributed by atoms with E-state index in [2.05, 4.69) is 0 Å².